The van der Waals surface area contributed by atoms with Crippen LogP contribution in [0.15, 0.2) is 41.6 Å². The Morgan fingerprint density at radius 1 is 1.25 bits per heavy atom. The van der Waals surface area contributed by atoms with Crippen LogP contribution in [-0.4, -0.2) is 76.8 Å². The maximum atomic E-state index is 12.0. The van der Waals surface area contributed by atoms with Gasteiger partial charge in [0.15, 0.2) is 0 Å². The number of hydrogen-bond donors (Lipinski definition) is 2. The molecule has 2 aliphatic heterocycles. The number of unbranched alkanes of at least 4 members (excludes halogenated alkanes) is 1. The van der Waals surface area contributed by atoms with Crippen molar-refractivity contribution in [3.8, 4) is 0 Å². The standard InChI is InChI=1S/C25H37N5OS/c1-3-4-7-20(16-19-17-27-22-9-6-5-8-21(19)22)30-18-23(25(26)31)32-24(30)10-11-29-14-12-28(2)13-15-29/h5-6,8-9,17-18,20,24,27H,3-4,7,10-16H2,1-2H3,(H2,26,31). The number of nitrogens with two attached hydrogens (primary N) is 1. The summed E-state index contributed by atoms with van der Waals surface area (Å²) in [4.78, 5) is 23.6. The second-order valence-corrected chi connectivity index (χ2v) is 10.4. The predicted octanol–water partition coefficient (Wildman–Crippen LogP) is 3.61. The predicted molar refractivity (Wildman–Crippen MR) is 134 cm³/mol. The van der Waals surface area contributed by atoms with Crippen molar-refractivity contribution in [2.75, 3.05) is 39.8 Å². The number of carbonyl (C=O) groups excluding carboxylic acids is 1. The number of thioether (sulfide) groups is 1. The highest BCUT2D eigenvalue weighted by Gasteiger charge is 2.33. The van der Waals surface area contributed by atoms with E-state index in [-0.39, 0.29) is 11.3 Å². The van der Waals surface area contributed by atoms with E-state index < -0.39 is 0 Å². The summed E-state index contributed by atoms with van der Waals surface area (Å²) < 4.78 is 0. The molecule has 7 heteroatoms. The van der Waals surface area contributed by atoms with Crippen molar-refractivity contribution < 1.29 is 4.79 Å². The van der Waals surface area contributed by atoms with E-state index in [1.54, 1.807) is 11.8 Å². The number of hydrogen-bond acceptors (Lipinski definition) is 5. The zero-order valence-electron chi connectivity index (χ0n) is 19.4. The van der Waals surface area contributed by atoms with Crippen molar-refractivity contribution in [1.82, 2.24) is 19.7 Å². The van der Waals surface area contributed by atoms with Crippen LogP contribution < -0.4 is 5.73 Å². The van der Waals surface area contributed by atoms with Crippen LogP contribution in [0.1, 0.15) is 38.2 Å². The maximum absolute atomic E-state index is 12.0. The summed E-state index contributed by atoms with van der Waals surface area (Å²) in [5, 5.41) is 1.57. The van der Waals surface area contributed by atoms with Crippen LogP contribution >= 0.6 is 11.8 Å². The zero-order valence-corrected chi connectivity index (χ0v) is 20.2. The molecule has 0 spiro atoms. The highest BCUT2D eigenvalue weighted by Crippen LogP contribution is 2.38. The van der Waals surface area contributed by atoms with Gasteiger partial charge in [-0.05, 0) is 37.9 Å². The molecule has 6 nitrogen and oxygen atoms in total. The second kappa shape index (κ2) is 10.8. The molecule has 3 N–H and O–H groups in total. The average molecular weight is 456 g/mol. The number of rotatable bonds is 10. The summed E-state index contributed by atoms with van der Waals surface area (Å²) in [6.07, 6.45) is 9.69. The van der Waals surface area contributed by atoms with Crippen molar-refractivity contribution in [2.45, 2.75) is 50.4 Å². The van der Waals surface area contributed by atoms with E-state index in [9.17, 15) is 4.79 Å². The van der Waals surface area contributed by atoms with Gasteiger partial charge in [0.1, 0.15) is 0 Å². The number of para-hydroxylation sites is 1. The Balaban J connectivity index is 1.51. The third-order valence-electron chi connectivity index (χ3n) is 6.84. The van der Waals surface area contributed by atoms with Gasteiger partial charge in [-0.25, -0.2) is 0 Å². The minimum absolute atomic E-state index is 0.268. The topological polar surface area (TPSA) is 68.6 Å². The lowest BCUT2D eigenvalue weighted by Crippen LogP contribution is -2.46. The second-order valence-electron chi connectivity index (χ2n) is 9.17. The van der Waals surface area contributed by atoms with Gasteiger partial charge < -0.3 is 25.4 Å². The molecule has 2 atom stereocenters. The number of H-pyrrole nitrogens is 1. The molecule has 4 rings (SSSR count). The van der Waals surface area contributed by atoms with E-state index in [1.165, 1.54) is 29.3 Å². The van der Waals surface area contributed by atoms with Crippen molar-refractivity contribution >= 4 is 28.6 Å². The highest BCUT2D eigenvalue weighted by atomic mass is 32.2. The maximum Gasteiger partial charge on any atom is 0.256 e. The number of amides is 1. The number of aromatic amines is 1. The number of aromatic nitrogens is 1. The van der Waals surface area contributed by atoms with Crippen LogP contribution in [0.25, 0.3) is 10.9 Å². The van der Waals surface area contributed by atoms with Crippen LogP contribution in [0, 0.1) is 0 Å². The molecular weight excluding hydrogens is 418 g/mol. The monoisotopic (exact) mass is 455 g/mol. The van der Waals surface area contributed by atoms with Gasteiger partial charge in [-0.15, -0.1) is 0 Å². The van der Waals surface area contributed by atoms with Crippen LogP contribution in [0.3, 0.4) is 0 Å². The summed E-state index contributed by atoms with van der Waals surface area (Å²) in [5.41, 5.74) is 8.25. The van der Waals surface area contributed by atoms with Gasteiger partial charge in [-0.2, -0.15) is 0 Å². The summed E-state index contributed by atoms with van der Waals surface area (Å²) in [6.45, 7) is 7.82. The van der Waals surface area contributed by atoms with E-state index in [4.69, 9.17) is 5.73 Å². The first-order chi connectivity index (χ1) is 15.5. The summed E-state index contributed by atoms with van der Waals surface area (Å²) >= 11 is 1.66. The number of nitrogens with zero attached hydrogens (tertiary/aromatic N) is 3. The molecule has 1 aromatic carbocycles. The molecule has 1 fully saturated rings. The Hall–Kier alpha value is -1.96. The number of fused-ring (bicyclic) bond motifs is 1. The van der Waals surface area contributed by atoms with Gasteiger partial charge >= 0.3 is 0 Å². The molecule has 0 radical (unpaired) electrons. The molecule has 32 heavy (non-hydrogen) atoms. The van der Waals surface area contributed by atoms with Crippen molar-refractivity contribution in [1.29, 1.82) is 0 Å². The van der Waals surface area contributed by atoms with E-state index in [0.29, 0.717) is 10.9 Å². The molecule has 174 valence electrons. The lowest BCUT2D eigenvalue weighted by molar-refractivity contribution is -0.113. The molecule has 3 heterocycles. The van der Waals surface area contributed by atoms with Gasteiger partial charge in [0, 0.05) is 62.1 Å². The molecule has 2 aliphatic rings. The highest BCUT2D eigenvalue weighted by molar-refractivity contribution is 8.04. The summed E-state index contributed by atoms with van der Waals surface area (Å²) in [7, 11) is 2.19. The van der Waals surface area contributed by atoms with Crippen LogP contribution in [0.5, 0.6) is 0 Å². The van der Waals surface area contributed by atoms with Crippen molar-refractivity contribution in [2.24, 2.45) is 5.73 Å². The number of primary amides is 1. The zero-order chi connectivity index (χ0) is 22.5. The minimum Gasteiger partial charge on any atom is -0.365 e. The number of piperazine rings is 1. The Morgan fingerprint density at radius 3 is 2.78 bits per heavy atom. The Bertz CT molecular complexity index is 933. The van der Waals surface area contributed by atoms with Crippen molar-refractivity contribution in [3.05, 3.63) is 47.1 Å². The minimum atomic E-state index is -0.302. The first kappa shape index (κ1) is 23.2. The van der Waals surface area contributed by atoms with Gasteiger partial charge in [0.25, 0.3) is 5.91 Å². The lowest BCUT2D eigenvalue weighted by Gasteiger charge is -2.36. The van der Waals surface area contributed by atoms with Crippen LogP contribution in [0.2, 0.25) is 0 Å². The fourth-order valence-corrected chi connectivity index (χ4v) is 6.01. The fraction of sp³-hybridized carbons (Fsp3) is 0.560. The molecule has 1 aromatic heterocycles. The van der Waals surface area contributed by atoms with Crippen molar-refractivity contribution in [3.63, 3.8) is 0 Å². The number of likely N-dealkylation sites (N-methyl/N-ethyl adjacent to an activating group) is 1. The summed E-state index contributed by atoms with van der Waals surface area (Å²) in [6, 6.07) is 8.87. The lowest BCUT2D eigenvalue weighted by atomic mass is 9.99. The van der Waals surface area contributed by atoms with E-state index in [0.717, 1.165) is 52.0 Å². The Morgan fingerprint density at radius 2 is 2.03 bits per heavy atom. The molecule has 2 unspecified atom stereocenters. The Labute approximate surface area is 196 Å². The Kier molecular flexibility index (Phi) is 7.81. The van der Waals surface area contributed by atoms with Gasteiger partial charge in [-0.3, -0.25) is 4.79 Å². The molecule has 0 aliphatic carbocycles. The molecule has 1 amide bonds. The van der Waals surface area contributed by atoms with Crippen LogP contribution in [-0.2, 0) is 11.2 Å². The van der Waals surface area contributed by atoms with Crippen LogP contribution in [0.4, 0.5) is 0 Å². The number of nitrogens with one attached hydrogen (secondary N) is 1. The molecular formula is C25H37N5OS. The SMILES string of the molecule is CCCCC(Cc1c[nH]c2ccccc12)N1C=C(C(N)=O)SC1CCN1CCN(C)CC1. The first-order valence-electron chi connectivity index (χ1n) is 12.0. The summed E-state index contributed by atoms with van der Waals surface area (Å²) in [5.74, 6) is -0.302. The normalized spacial score (nSPS) is 21.2. The quantitative estimate of drug-likeness (QED) is 0.573. The third-order valence-corrected chi connectivity index (χ3v) is 8.15. The molecule has 0 saturated carbocycles. The molecule has 1 saturated heterocycles. The largest absolute Gasteiger partial charge is 0.365 e. The van der Waals surface area contributed by atoms with Gasteiger partial charge in [0.05, 0.1) is 10.3 Å². The van der Waals surface area contributed by atoms with Gasteiger partial charge in [0.2, 0.25) is 0 Å². The number of benzene rings is 1. The first-order valence-corrected chi connectivity index (χ1v) is 12.8. The molecule has 2 aromatic rings. The van der Waals surface area contributed by atoms with E-state index >= 15 is 0 Å². The van der Waals surface area contributed by atoms with E-state index in [1.807, 2.05) is 0 Å². The fourth-order valence-electron chi connectivity index (χ4n) is 4.84. The molecule has 0 bridgehead atoms. The van der Waals surface area contributed by atoms with E-state index in [2.05, 4.69) is 70.3 Å². The number of carbonyl (C=O) groups is 1. The smallest absolute Gasteiger partial charge is 0.256 e. The average Bonchev–Trinajstić information content (AvgIpc) is 3.41. The van der Waals surface area contributed by atoms with Gasteiger partial charge in [-0.1, -0.05) is 49.7 Å². The third kappa shape index (κ3) is 5.50.